The van der Waals surface area contributed by atoms with Crippen molar-refractivity contribution in [3.63, 3.8) is 0 Å². The summed E-state index contributed by atoms with van der Waals surface area (Å²) < 4.78 is 0. The van der Waals surface area contributed by atoms with Crippen molar-refractivity contribution in [2.75, 3.05) is 19.6 Å². The Balaban J connectivity index is 2.12. The summed E-state index contributed by atoms with van der Waals surface area (Å²) in [5, 5.41) is 5.78. The van der Waals surface area contributed by atoms with Gasteiger partial charge in [0.05, 0.1) is 0 Å². The molecule has 2 heterocycles. The molecule has 0 aromatic rings. The van der Waals surface area contributed by atoms with E-state index in [1.54, 1.807) is 4.90 Å². The minimum absolute atomic E-state index is 0.116. The van der Waals surface area contributed by atoms with Crippen LogP contribution < -0.4 is 10.6 Å². The van der Waals surface area contributed by atoms with Crippen molar-refractivity contribution in [1.82, 2.24) is 15.5 Å². The standard InChI is InChI=1S/C9H15N3O2/c1-6-4-11-8(13)9(14)12(6)7-2-3-10-5-7/h6-7,10H,2-5H2,1H3,(H,11,13). The molecule has 2 aliphatic rings. The monoisotopic (exact) mass is 197 g/mol. The average molecular weight is 197 g/mol. The van der Waals surface area contributed by atoms with Crippen LogP contribution in [0.4, 0.5) is 0 Å². The van der Waals surface area contributed by atoms with Crippen molar-refractivity contribution < 1.29 is 9.59 Å². The second-order valence-electron chi connectivity index (χ2n) is 3.92. The predicted molar refractivity (Wildman–Crippen MR) is 50.6 cm³/mol. The van der Waals surface area contributed by atoms with Crippen molar-refractivity contribution in [3.8, 4) is 0 Å². The number of carbonyl (C=O) groups is 2. The van der Waals surface area contributed by atoms with Gasteiger partial charge < -0.3 is 15.5 Å². The van der Waals surface area contributed by atoms with Crippen molar-refractivity contribution in [1.29, 1.82) is 0 Å². The fourth-order valence-electron chi connectivity index (χ4n) is 2.13. The van der Waals surface area contributed by atoms with Gasteiger partial charge in [0.1, 0.15) is 0 Å². The molecule has 2 N–H and O–H groups in total. The van der Waals surface area contributed by atoms with E-state index < -0.39 is 5.91 Å². The predicted octanol–water partition coefficient (Wildman–Crippen LogP) is -1.30. The summed E-state index contributed by atoms with van der Waals surface area (Å²) in [6.07, 6.45) is 0.948. The summed E-state index contributed by atoms with van der Waals surface area (Å²) >= 11 is 0. The quantitative estimate of drug-likeness (QED) is 0.513. The van der Waals surface area contributed by atoms with Crippen molar-refractivity contribution in [3.05, 3.63) is 0 Å². The molecule has 0 saturated carbocycles. The smallest absolute Gasteiger partial charge is 0.312 e. The van der Waals surface area contributed by atoms with Crippen LogP contribution in [-0.2, 0) is 9.59 Å². The molecule has 14 heavy (non-hydrogen) atoms. The SMILES string of the molecule is CC1CNC(=O)C(=O)N1C1CCNC1. The molecule has 2 unspecified atom stereocenters. The molecule has 0 aliphatic carbocycles. The first-order valence-electron chi connectivity index (χ1n) is 5.01. The van der Waals surface area contributed by atoms with Crippen LogP contribution >= 0.6 is 0 Å². The maximum absolute atomic E-state index is 11.6. The molecule has 2 amide bonds. The van der Waals surface area contributed by atoms with Crippen molar-refractivity contribution in [2.24, 2.45) is 0 Å². The molecular weight excluding hydrogens is 182 g/mol. The van der Waals surface area contributed by atoms with Crippen LogP contribution in [0.5, 0.6) is 0 Å². The zero-order valence-corrected chi connectivity index (χ0v) is 8.25. The molecule has 5 heteroatoms. The van der Waals surface area contributed by atoms with Crippen LogP contribution in [0.2, 0.25) is 0 Å². The molecule has 2 atom stereocenters. The first-order chi connectivity index (χ1) is 6.70. The number of rotatable bonds is 1. The Hall–Kier alpha value is -1.10. The second-order valence-corrected chi connectivity index (χ2v) is 3.92. The first kappa shape index (κ1) is 9.45. The third-order valence-electron chi connectivity index (χ3n) is 2.89. The van der Waals surface area contributed by atoms with Gasteiger partial charge in [-0.15, -0.1) is 0 Å². The van der Waals surface area contributed by atoms with E-state index in [2.05, 4.69) is 10.6 Å². The van der Waals surface area contributed by atoms with Gasteiger partial charge in [0.2, 0.25) is 0 Å². The number of carbonyl (C=O) groups excluding carboxylic acids is 2. The van der Waals surface area contributed by atoms with E-state index in [4.69, 9.17) is 0 Å². The highest BCUT2D eigenvalue weighted by Crippen LogP contribution is 2.14. The molecule has 2 fully saturated rings. The van der Waals surface area contributed by atoms with E-state index in [0.717, 1.165) is 19.5 Å². The Labute approximate surface area is 82.8 Å². The largest absolute Gasteiger partial charge is 0.346 e. The third kappa shape index (κ3) is 1.48. The lowest BCUT2D eigenvalue weighted by molar-refractivity contribution is -0.151. The Morgan fingerprint density at radius 3 is 2.79 bits per heavy atom. The Morgan fingerprint density at radius 2 is 2.14 bits per heavy atom. The maximum atomic E-state index is 11.6. The van der Waals surface area contributed by atoms with E-state index in [0.29, 0.717) is 6.54 Å². The zero-order chi connectivity index (χ0) is 10.1. The lowest BCUT2D eigenvalue weighted by Gasteiger charge is -2.37. The van der Waals surface area contributed by atoms with Crippen molar-refractivity contribution >= 4 is 11.8 Å². The Bertz CT molecular complexity index is 261. The second kappa shape index (κ2) is 3.57. The Kier molecular flexibility index (Phi) is 2.41. The number of piperazine rings is 1. The van der Waals surface area contributed by atoms with Gasteiger partial charge in [-0.05, 0) is 19.9 Å². The zero-order valence-electron chi connectivity index (χ0n) is 8.25. The summed E-state index contributed by atoms with van der Waals surface area (Å²) in [7, 11) is 0. The van der Waals surface area contributed by atoms with Gasteiger partial charge in [0.25, 0.3) is 0 Å². The summed E-state index contributed by atoms with van der Waals surface area (Å²) in [4.78, 5) is 24.5. The van der Waals surface area contributed by atoms with Crippen LogP contribution in [0.15, 0.2) is 0 Å². The molecule has 0 aromatic carbocycles. The van der Waals surface area contributed by atoms with Crippen LogP contribution in [0, 0.1) is 0 Å². The summed E-state index contributed by atoms with van der Waals surface area (Å²) in [6.45, 7) is 4.28. The molecule has 0 aromatic heterocycles. The minimum Gasteiger partial charge on any atom is -0.346 e. The summed E-state index contributed by atoms with van der Waals surface area (Å²) in [6, 6.07) is 0.314. The summed E-state index contributed by atoms with van der Waals surface area (Å²) in [5.41, 5.74) is 0. The highest BCUT2D eigenvalue weighted by molar-refractivity contribution is 6.35. The number of hydrogen-bond acceptors (Lipinski definition) is 3. The van der Waals surface area contributed by atoms with Crippen LogP contribution in [-0.4, -0.2) is 48.4 Å². The van der Waals surface area contributed by atoms with Gasteiger partial charge >= 0.3 is 11.8 Å². The number of nitrogens with zero attached hydrogens (tertiary/aromatic N) is 1. The average Bonchev–Trinajstić information content (AvgIpc) is 2.65. The maximum Gasteiger partial charge on any atom is 0.312 e. The van der Waals surface area contributed by atoms with Gasteiger partial charge in [-0.25, -0.2) is 0 Å². The number of amides is 2. The van der Waals surface area contributed by atoms with E-state index >= 15 is 0 Å². The molecule has 2 aliphatic heterocycles. The fraction of sp³-hybridized carbons (Fsp3) is 0.778. The molecule has 2 saturated heterocycles. The molecule has 5 nitrogen and oxygen atoms in total. The molecule has 2 rings (SSSR count). The van der Waals surface area contributed by atoms with E-state index in [9.17, 15) is 9.59 Å². The minimum atomic E-state index is -0.463. The van der Waals surface area contributed by atoms with Crippen LogP contribution in [0.25, 0.3) is 0 Å². The summed E-state index contributed by atoms with van der Waals surface area (Å²) in [5.74, 6) is -0.840. The fourth-order valence-corrected chi connectivity index (χ4v) is 2.13. The molecular formula is C9H15N3O2. The topological polar surface area (TPSA) is 61.4 Å². The number of nitrogens with one attached hydrogen (secondary N) is 2. The lowest BCUT2D eigenvalue weighted by Crippen LogP contribution is -2.60. The third-order valence-corrected chi connectivity index (χ3v) is 2.89. The van der Waals surface area contributed by atoms with E-state index in [1.165, 1.54) is 0 Å². The van der Waals surface area contributed by atoms with E-state index in [-0.39, 0.29) is 18.0 Å². The molecule has 0 spiro atoms. The van der Waals surface area contributed by atoms with Gasteiger partial charge in [-0.3, -0.25) is 9.59 Å². The molecule has 0 bridgehead atoms. The first-order valence-corrected chi connectivity index (χ1v) is 5.01. The molecule has 0 radical (unpaired) electrons. The van der Waals surface area contributed by atoms with E-state index in [1.807, 2.05) is 6.92 Å². The Morgan fingerprint density at radius 1 is 1.36 bits per heavy atom. The van der Waals surface area contributed by atoms with Crippen LogP contribution in [0.1, 0.15) is 13.3 Å². The van der Waals surface area contributed by atoms with Gasteiger partial charge in [0, 0.05) is 25.2 Å². The highest BCUT2D eigenvalue weighted by Gasteiger charge is 2.37. The highest BCUT2D eigenvalue weighted by atomic mass is 16.2. The van der Waals surface area contributed by atoms with Gasteiger partial charge in [-0.1, -0.05) is 0 Å². The lowest BCUT2D eigenvalue weighted by atomic mass is 10.1. The van der Waals surface area contributed by atoms with Gasteiger partial charge in [0.15, 0.2) is 0 Å². The normalized spacial score (nSPS) is 33.4. The molecule has 78 valence electrons. The van der Waals surface area contributed by atoms with Crippen LogP contribution in [0.3, 0.4) is 0 Å². The van der Waals surface area contributed by atoms with Gasteiger partial charge in [-0.2, -0.15) is 0 Å². The van der Waals surface area contributed by atoms with Crippen molar-refractivity contribution in [2.45, 2.75) is 25.4 Å². The number of hydrogen-bond donors (Lipinski definition) is 2.